The number of aliphatic hydroxyl groups is 1. The van der Waals surface area contributed by atoms with Crippen molar-refractivity contribution in [1.29, 1.82) is 0 Å². The predicted octanol–water partition coefficient (Wildman–Crippen LogP) is 2.53. The van der Waals surface area contributed by atoms with Crippen molar-refractivity contribution in [2.45, 2.75) is 20.1 Å². The second-order valence-electron chi connectivity index (χ2n) is 5.84. The van der Waals surface area contributed by atoms with Gasteiger partial charge in [-0.2, -0.15) is 5.10 Å². The third-order valence-electron chi connectivity index (χ3n) is 4.22. The Bertz CT molecular complexity index is 1040. The average Bonchev–Trinajstić information content (AvgIpc) is 3.32. The molecule has 0 aliphatic carbocycles. The third kappa shape index (κ3) is 2.93. The second-order valence-corrected chi connectivity index (χ2v) is 5.84. The molecular weight excluding hydrogens is 330 g/mol. The molecule has 26 heavy (non-hydrogen) atoms. The van der Waals surface area contributed by atoms with Crippen LogP contribution in [0.3, 0.4) is 0 Å². The number of aliphatic hydroxyl groups excluding tert-OH is 1. The van der Waals surface area contributed by atoms with Gasteiger partial charge in [0.15, 0.2) is 5.65 Å². The van der Waals surface area contributed by atoms with Crippen LogP contribution in [0.4, 0.5) is 0 Å². The van der Waals surface area contributed by atoms with Gasteiger partial charge < -0.3 is 14.4 Å². The van der Waals surface area contributed by atoms with Crippen LogP contribution in [0.5, 0.6) is 5.75 Å². The van der Waals surface area contributed by atoms with Crippen molar-refractivity contribution in [2.24, 2.45) is 0 Å². The normalized spacial score (nSPS) is 11.2. The van der Waals surface area contributed by atoms with Gasteiger partial charge in [-0.05, 0) is 37.3 Å². The fraction of sp³-hybridized carbons (Fsp3) is 0.211. The zero-order valence-corrected chi connectivity index (χ0v) is 14.4. The summed E-state index contributed by atoms with van der Waals surface area (Å²) in [6.45, 7) is 3.01. The maximum atomic E-state index is 9.64. The molecule has 0 aliphatic heterocycles. The number of fused-ring (bicyclic) bond motifs is 1. The van der Waals surface area contributed by atoms with Crippen molar-refractivity contribution in [2.75, 3.05) is 6.61 Å². The monoisotopic (exact) mass is 349 g/mol. The molecule has 1 aromatic carbocycles. The fourth-order valence-electron chi connectivity index (χ4n) is 3.03. The molecule has 0 amide bonds. The van der Waals surface area contributed by atoms with E-state index in [1.165, 1.54) is 0 Å². The first-order valence-corrected chi connectivity index (χ1v) is 8.46. The van der Waals surface area contributed by atoms with E-state index in [0.29, 0.717) is 18.9 Å². The Kier molecular flexibility index (Phi) is 4.37. The molecule has 7 nitrogen and oxygen atoms in total. The van der Waals surface area contributed by atoms with Crippen molar-refractivity contribution < 1.29 is 9.84 Å². The van der Waals surface area contributed by atoms with E-state index < -0.39 is 0 Å². The van der Waals surface area contributed by atoms with Crippen molar-refractivity contribution in [3.63, 3.8) is 0 Å². The first kappa shape index (κ1) is 16.3. The van der Waals surface area contributed by atoms with Crippen LogP contribution in [-0.4, -0.2) is 35.9 Å². The number of imidazole rings is 1. The van der Waals surface area contributed by atoms with Crippen LogP contribution in [0.15, 0.2) is 55.1 Å². The number of aromatic nitrogens is 5. The summed E-state index contributed by atoms with van der Waals surface area (Å²) in [5.74, 6) is 1.52. The summed E-state index contributed by atoms with van der Waals surface area (Å²) in [7, 11) is 0. The van der Waals surface area contributed by atoms with E-state index in [9.17, 15) is 5.11 Å². The molecule has 0 unspecified atom stereocenters. The van der Waals surface area contributed by atoms with Gasteiger partial charge in [0.05, 0.1) is 25.5 Å². The van der Waals surface area contributed by atoms with Crippen molar-refractivity contribution in [1.82, 2.24) is 24.1 Å². The molecule has 0 spiro atoms. The van der Waals surface area contributed by atoms with Crippen molar-refractivity contribution in [3.8, 4) is 17.1 Å². The number of ether oxygens (including phenoxy) is 1. The molecule has 7 heteroatoms. The maximum Gasteiger partial charge on any atom is 0.155 e. The SMILES string of the molecule is CCOc1ccc(-c2nccn2Cc2cccc3ncnn23)cc1CO. The van der Waals surface area contributed by atoms with E-state index >= 15 is 0 Å². The highest BCUT2D eigenvalue weighted by atomic mass is 16.5. The highest BCUT2D eigenvalue weighted by Crippen LogP contribution is 2.26. The van der Waals surface area contributed by atoms with Gasteiger partial charge in [0.2, 0.25) is 0 Å². The number of hydrogen-bond acceptors (Lipinski definition) is 5. The molecule has 0 saturated heterocycles. The van der Waals surface area contributed by atoms with Gasteiger partial charge in [0.1, 0.15) is 17.9 Å². The highest BCUT2D eigenvalue weighted by molar-refractivity contribution is 5.59. The first-order valence-electron chi connectivity index (χ1n) is 8.46. The molecule has 4 aromatic rings. The van der Waals surface area contributed by atoms with Gasteiger partial charge in [-0.3, -0.25) is 0 Å². The summed E-state index contributed by atoms with van der Waals surface area (Å²) in [6.07, 6.45) is 5.25. The van der Waals surface area contributed by atoms with E-state index in [4.69, 9.17) is 4.74 Å². The van der Waals surface area contributed by atoms with Gasteiger partial charge in [-0.15, -0.1) is 0 Å². The maximum absolute atomic E-state index is 9.64. The van der Waals surface area contributed by atoms with Crippen LogP contribution >= 0.6 is 0 Å². The number of rotatable bonds is 6. The van der Waals surface area contributed by atoms with E-state index in [1.54, 1.807) is 12.5 Å². The predicted molar refractivity (Wildman–Crippen MR) is 96.8 cm³/mol. The lowest BCUT2D eigenvalue weighted by Crippen LogP contribution is -2.07. The Morgan fingerprint density at radius 3 is 2.92 bits per heavy atom. The summed E-state index contributed by atoms with van der Waals surface area (Å²) >= 11 is 0. The molecule has 1 N–H and O–H groups in total. The van der Waals surface area contributed by atoms with E-state index in [1.807, 2.05) is 58.6 Å². The van der Waals surface area contributed by atoms with Gasteiger partial charge >= 0.3 is 0 Å². The average molecular weight is 349 g/mol. The molecule has 3 heterocycles. The molecule has 0 fully saturated rings. The van der Waals surface area contributed by atoms with Crippen molar-refractivity contribution >= 4 is 5.65 Å². The Balaban J connectivity index is 1.70. The lowest BCUT2D eigenvalue weighted by molar-refractivity contribution is 0.267. The van der Waals surface area contributed by atoms with E-state index in [2.05, 4.69) is 15.1 Å². The molecule has 0 saturated carbocycles. The Morgan fingerprint density at radius 2 is 2.08 bits per heavy atom. The largest absolute Gasteiger partial charge is 0.494 e. The summed E-state index contributed by atoms with van der Waals surface area (Å²) in [5, 5.41) is 13.9. The second kappa shape index (κ2) is 6.97. The highest BCUT2D eigenvalue weighted by Gasteiger charge is 2.12. The number of nitrogens with zero attached hydrogens (tertiary/aromatic N) is 5. The summed E-state index contributed by atoms with van der Waals surface area (Å²) in [6, 6.07) is 11.7. The minimum atomic E-state index is -0.0812. The Morgan fingerprint density at radius 1 is 1.15 bits per heavy atom. The van der Waals surface area contributed by atoms with Crippen LogP contribution < -0.4 is 4.74 Å². The van der Waals surface area contributed by atoms with Crippen LogP contribution in [0.2, 0.25) is 0 Å². The number of pyridine rings is 1. The molecule has 0 bridgehead atoms. The van der Waals surface area contributed by atoms with Crippen molar-refractivity contribution in [3.05, 3.63) is 66.4 Å². The lowest BCUT2D eigenvalue weighted by atomic mass is 10.1. The van der Waals surface area contributed by atoms with Crippen LogP contribution in [0, 0.1) is 0 Å². The summed E-state index contributed by atoms with van der Waals surface area (Å²) < 4.78 is 9.43. The minimum Gasteiger partial charge on any atom is -0.494 e. The molecule has 132 valence electrons. The summed E-state index contributed by atoms with van der Waals surface area (Å²) in [4.78, 5) is 8.72. The van der Waals surface area contributed by atoms with Gasteiger partial charge in [-0.1, -0.05) is 6.07 Å². The van der Waals surface area contributed by atoms with E-state index in [-0.39, 0.29) is 6.61 Å². The standard InChI is InChI=1S/C19H19N5O2/c1-2-26-17-7-6-14(10-15(17)12-25)19-20-8-9-23(19)11-16-4-3-5-18-21-13-22-24(16)18/h3-10,13,25H,2,11-12H2,1H3. The lowest BCUT2D eigenvalue weighted by Gasteiger charge is -2.12. The quantitative estimate of drug-likeness (QED) is 0.579. The Labute approximate surface area is 150 Å². The van der Waals surface area contributed by atoms with Crippen LogP contribution in [0.1, 0.15) is 18.2 Å². The smallest absolute Gasteiger partial charge is 0.155 e. The van der Waals surface area contributed by atoms with Gasteiger partial charge in [0.25, 0.3) is 0 Å². The van der Waals surface area contributed by atoms with Crippen LogP contribution in [0.25, 0.3) is 17.0 Å². The molecule has 0 atom stereocenters. The molecule has 4 rings (SSSR count). The van der Waals surface area contributed by atoms with Crippen LogP contribution in [-0.2, 0) is 13.2 Å². The summed E-state index contributed by atoms with van der Waals surface area (Å²) in [5.41, 5.74) is 3.49. The molecule has 0 aliphatic rings. The minimum absolute atomic E-state index is 0.0812. The topological polar surface area (TPSA) is 77.5 Å². The molecule has 0 radical (unpaired) electrons. The zero-order chi connectivity index (χ0) is 17.9. The molecular formula is C19H19N5O2. The van der Waals surface area contributed by atoms with Gasteiger partial charge in [0, 0.05) is 23.5 Å². The van der Waals surface area contributed by atoms with E-state index in [0.717, 1.165) is 28.3 Å². The first-order chi connectivity index (χ1) is 12.8. The molecule has 3 aromatic heterocycles. The number of hydrogen-bond donors (Lipinski definition) is 1. The number of benzene rings is 1. The van der Waals surface area contributed by atoms with Gasteiger partial charge in [-0.25, -0.2) is 14.5 Å². The zero-order valence-electron chi connectivity index (χ0n) is 14.4. The Hall–Kier alpha value is -3.19. The third-order valence-corrected chi connectivity index (χ3v) is 4.22. The fourth-order valence-corrected chi connectivity index (χ4v) is 3.03.